The summed E-state index contributed by atoms with van der Waals surface area (Å²) in [6, 6.07) is 4.81. The second-order valence-corrected chi connectivity index (χ2v) is 7.41. The van der Waals surface area contributed by atoms with Crippen molar-refractivity contribution < 1.29 is 14.7 Å². The summed E-state index contributed by atoms with van der Waals surface area (Å²) in [4.78, 5) is 41.5. The van der Waals surface area contributed by atoms with Crippen molar-refractivity contribution in [3.8, 4) is 0 Å². The van der Waals surface area contributed by atoms with Crippen LogP contribution in [0.3, 0.4) is 0 Å². The van der Waals surface area contributed by atoms with E-state index in [1.165, 1.54) is 10.9 Å². The molecule has 0 spiro atoms. The first kappa shape index (κ1) is 18.8. The maximum absolute atomic E-state index is 12.9. The SMILES string of the molecule is Cc1cccc(NC(=O)C(C)n2cnc3sc(C(=O)O)c(C)c3c2=O)c1C. The molecule has 0 bridgehead atoms. The quantitative estimate of drug-likeness (QED) is 0.718. The maximum Gasteiger partial charge on any atom is 0.346 e. The molecule has 0 aliphatic carbocycles. The summed E-state index contributed by atoms with van der Waals surface area (Å²) in [6.07, 6.45) is 1.29. The molecular formula is C19H19N3O4S. The summed E-state index contributed by atoms with van der Waals surface area (Å²) < 4.78 is 1.23. The fourth-order valence-corrected chi connectivity index (χ4v) is 3.85. The Morgan fingerprint density at radius 1 is 1.22 bits per heavy atom. The molecule has 1 unspecified atom stereocenters. The normalized spacial score (nSPS) is 12.1. The highest BCUT2D eigenvalue weighted by atomic mass is 32.1. The molecule has 7 nitrogen and oxygen atoms in total. The maximum atomic E-state index is 12.9. The largest absolute Gasteiger partial charge is 0.477 e. The number of nitrogens with one attached hydrogen (secondary N) is 1. The summed E-state index contributed by atoms with van der Waals surface area (Å²) in [5, 5.41) is 12.3. The molecule has 2 N–H and O–H groups in total. The predicted octanol–water partition coefficient (Wildman–Crippen LogP) is 3.28. The number of fused-ring (bicyclic) bond motifs is 1. The molecule has 1 atom stereocenters. The van der Waals surface area contributed by atoms with Gasteiger partial charge < -0.3 is 10.4 Å². The first-order valence-electron chi connectivity index (χ1n) is 8.33. The molecule has 0 aliphatic heterocycles. The lowest BCUT2D eigenvalue weighted by atomic mass is 10.1. The van der Waals surface area contributed by atoms with Crippen LogP contribution in [0.5, 0.6) is 0 Å². The third-order valence-corrected chi connectivity index (χ3v) is 5.92. The van der Waals surface area contributed by atoms with Crippen LogP contribution in [0, 0.1) is 20.8 Å². The van der Waals surface area contributed by atoms with Crippen molar-refractivity contribution >= 4 is 39.1 Å². The van der Waals surface area contributed by atoms with Gasteiger partial charge in [-0.1, -0.05) is 12.1 Å². The van der Waals surface area contributed by atoms with Crippen LogP contribution in [0.25, 0.3) is 10.2 Å². The Hall–Kier alpha value is -3.00. The van der Waals surface area contributed by atoms with E-state index in [-0.39, 0.29) is 16.2 Å². The zero-order valence-corrected chi connectivity index (χ0v) is 16.2. The van der Waals surface area contributed by atoms with Gasteiger partial charge in [0, 0.05) is 5.69 Å². The van der Waals surface area contributed by atoms with Crippen LogP contribution in [0.4, 0.5) is 5.69 Å². The topological polar surface area (TPSA) is 101 Å². The van der Waals surface area contributed by atoms with Crippen molar-refractivity contribution in [3.05, 3.63) is 56.4 Å². The van der Waals surface area contributed by atoms with Gasteiger partial charge in [0.1, 0.15) is 15.7 Å². The number of thiophene rings is 1. The minimum absolute atomic E-state index is 0.0832. The van der Waals surface area contributed by atoms with Crippen LogP contribution in [-0.4, -0.2) is 26.5 Å². The Balaban J connectivity index is 1.99. The second kappa shape index (κ2) is 6.96. The fraction of sp³-hybridized carbons (Fsp3) is 0.263. The van der Waals surface area contributed by atoms with Crippen LogP contribution < -0.4 is 10.9 Å². The number of carboxylic acid groups (broad SMARTS) is 1. The van der Waals surface area contributed by atoms with E-state index < -0.39 is 17.6 Å². The van der Waals surface area contributed by atoms with Gasteiger partial charge in [0.2, 0.25) is 5.91 Å². The van der Waals surface area contributed by atoms with E-state index in [0.29, 0.717) is 16.1 Å². The van der Waals surface area contributed by atoms with Gasteiger partial charge >= 0.3 is 5.97 Å². The van der Waals surface area contributed by atoms with E-state index >= 15 is 0 Å². The monoisotopic (exact) mass is 385 g/mol. The van der Waals surface area contributed by atoms with E-state index in [2.05, 4.69) is 10.3 Å². The number of rotatable bonds is 4. The van der Waals surface area contributed by atoms with Crippen LogP contribution in [-0.2, 0) is 4.79 Å². The van der Waals surface area contributed by atoms with Gasteiger partial charge in [0.25, 0.3) is 5.56 Å². The minimum Gasteiger partial charge on any atom is -0.477 e. The molecule has 0 aliphatic rings. The fourth-order valence-electron chi connectivity index (χ4n) is 2.87. The van der Waals surface area contributed by atoms with Crippen molar-refractivity contribution in [1.29, 1.82) is 0 Å². The average molecular weight is 385 g/mol. The molecule has 2 aromatic heterocycles. The lowest BCUT2D eigenvalue weighted by Crippen LogP contribution is -2.32. The van der Waals surface area contributed by atoms with Gasteiger partial charge in [-0.3, -0.25) is 14.2 Å². The van der Waals surface area contributed by atoms with Crippen molar-refractivity contribution in [3.63, 3.8) is 0 Å². The Kier molecular flexibility index (Phi) is 4.84. The third-order valence-electron chi connectivity index (χ3n) is 4.73. The summed E-state index contributed by atoms with van der Waals surface area (Å²) in [6.45, 7) is 7.05. The molecule has 3 rings (SSSR count). The summed E-state index contributed by atoms with van der Waals surface area (Å²) in [7, 11) is 0. The van der Waals surface area contributed by atoms with E-state index in [9.17, 15) is 19.5 Å². The van der Waals surface area contributed by atoms with Gasteiger partial charge in [-0.15, -0.1) is 11.3 Å². The lowest BCUT2D eigenvalue weighted by molar-refractivity contribution is -0.118. The molecular weight excluding hydrogens is 366 g/mol. The molecule has 3 aromatic rings. The van der Waals surface area contributed by atoms with E-state index in [0.717, 1.165) is 22.5 Å². The van der Waals surface area contributed by atoms with Crippen molar-refractivity contribution in [2.75, 3.05) is 5.32 Å². The van der Waals surface area contributed by atoms with Gasteiger partial charge in [-0.05, 0) is 50.5 Å². The lowest BCUT2D eigenvalue weighted by Gasteiger charge is -2.16. The van der Waals surface area contributed by atoms with Crippen LogP contribution in [0.15, 0.2) is 29.3 Å². The molecule has 0 fully saturated rings. The number of carboxylic acids is 1. The minimum atomic E-state index is -1.10. The van der Waals surface area contributed by atoms with E-state index in [1.807, 2.05) is 26.0 Å². The highest BCUT2D eigenvalue weighted by Gasteiger charge is 2.23. The standard InChI is InChI=1S/C19H19N3O4S/c1-9-6-5-7-13(10(9)2)21-16(23)12(4)22-8-20-17-14(18(22)24)11(3)15(27-17)19(25)26/h5-8,12H,1-4H3,(H,21,23)(H,25,26). The molecule has 27 heavy (non-hydrogen) atoms. The number of carbonyl (C=O) groups excluding carboxylic acids is 1. The van der Waals surface area contributed by atoms with Gasteiger partial charge in [0.05, 0.1) is 11.7 Å². The number of anilines is 1. The number of aromatic nitrogens is 2. The Bertz CT molecular complexity index is 1130. The average Bonchev–Trinajstić information content (AvgIpc) is 2.96. The number of aromatic carboxylic acids is 1. The smallest absolute Gasteiger partial charge is 0.346 e. The zero-order chi connectivity index (χ0) is 19.9. The van der Waals surface area contributed by atoms with Gasteiger partial charge in [-0.25, -0.2) is 9.78 Å². The summed E-state index contributed by atoms with van der Waals surface area (Å²) in [5.74, 6) is -1.44. The first-order chi connectivity index (χ1) is 12.7. The summed E-state index contributed by atoms with van der Waals surface area (Å²) >= 11 is 0.957. The second-order valence-electron chi connectivity index (χ2n) is 6.41. The molecule has 2 heterocycles. The molecule has 8 heteroatoms. The van der Waals surface area contributed by atoms with Crippen molar-refractivity contribution in [1.82, 2.24) is 9.55 Å². The Morgan fingerprint density at radius 2 is 1.93 bits per heavy atom. The third kappa shape index (κ3) is 3.23. The number of hydrogen-bond acceptors (Lipinski definition) is 5. The molecule has 0 saturated heterocycles. The predicted molar refractivity (Wildman–Crippen MR) is 105 cm³/mol. The van der Waals surface area contributed by atoms with Crippen molar-refractivity contribution in [2.24, 2.45) is 0 Å². The first-order valence-corrected chi connectivity index (χ1v) is 9.14. The highest BCUT2D eigenvalue weighted by Crippen LogP contribution is 2.27. The Morgan fingerprint density at radius 3 is 2.59 bits per heavy atom. The number of aryl methyl sites for hydroxylation is 2. The van der Waals surface area contributed by atoms with Crippen molar-refractivity contribution in [2.45, 2.75) is 33.7 Å². The number of amides is 1. The summed E-state index contributed by atoms with van der Waals surface area (Å²) in [5.41, 5.74) is 2.64. The number of hydrogen-bond donors (Lipinski definition) is 2. The van der Waals surface area contributed by atoms with Crippen LogP contribution in [0.1, 0.15) is 39.3 Å². The number of nitrogens with zero attached hydrogens (tertiary/aromatic N) is 2. The molecule has 0 radical (unpaired) electrons. The van der Waals surface area contributed by atoms with E-state index in [4.69, 9.17) is 0 Å². The number of benzene rings is 1. The van der Waals surface area contributed by atoms with Gasteiger partial charge in [0.15, 0.2) is 0 Å². The number of carbonyl (C=O) groups is 2. The molecule has 140 valence electrons. The molecule has 0 saturated carbocycles. The highest BCUT2D eigenvalue weighted by molar-refractivity contribution is 7.20. The zero-order valence-electron chi connectivity index (χ0n) is 15.4. The van der Waals surface area contributed by atoms with E-state index in [1.54, 1.807) is 19.9 Å². The van der Waals surface area contributed by atoms with Gasteiger partial charge in [-0.2, -0.15) is 0 Å². The van der Waals surface area contributed by atoms with Crippen LogP contribution >= 0.6 is 11.3 Å². The Labute approximate surface area is 159 Å². The molecule has 1 aromatic carbocycles. The molecule has 1 amide bonds. The van der Waals surface area contributed by atoms with Crippen LogP contribution in [0.2, 0.25) is 0 Å².